The van der Waals surface area contributed by atoms with Gasteiger partial charge in [0, 0.05) is 36.6 Å². The summed E-state index contributed by atoms with van der Waals surface area (Å²) >= 11 is 0. The van der Waals surface area contributed by atoms with Crippen LogP contribution in [0.1, 0.15) is 12.0 Å². The third kappa shape index (κ3) is 3.30. The third-order valence-corrected chi connectivity index (χ3v) is 4.14. The molecule has 0 spiro atoms. The highest BCUT2D eigenvalue weighted by Gasteiger charge is 2.78. The zero-order chi connectivity index (χ0) is 18.8. The Morgan fingerprint density at radius 2 is 1.96 bits per heavy atom. The van der Waals surface area contributed by atoms with Gasteiger partial charge in [0.2, 0.25) is 5.95 Å². The van der Waals surface area contributed by atoms with Gasteiger partial charge in [-0.1, -0.05) is 30.3 Å². The summed E-state index contributed by atoms with van der Waals surface area (Å²) in [4.78, 5) is 18.1. The predicted molar refractivity (Wildman–Crippen MR) is 89.8 cm³/mol. The topological polar surface area (TPSA) is 82.0 Å². The van der Waals surface area contributed by atoms with Crippen LogP contribution in [0.3, 0.4) is 0 Å². The smallest absolute Gasteiger partial charge is 0.324 e. The highest BCUT2D eigenvalue weighted by molar-refractivity contribution is 5.94. The minimum Gasteiger partial charge on any atom is -0.361 e. The molecule has 1 heterocycles. The number of amidine groups is 1. The molecule has 1 aliphatic rings. The molecule has 0 saturated heterocycles. The number of hydrogen-bond acceptors (Lipinski definition) is 3. The second kappa shape index (κ2) is 6.62. The SMILES string of the molecule is NC(/C=C\Nc1ccnc(F)c1)=[NH+]C(=O)C1(c2ccccc2)CC1(F)F. The van der Waals surface area contributed by atoms with E-state index in [1.165, 1.54) is 36.7 Å². The van der Waals surface area contributed by atoms with Crippen molar-refractivity contribution in [2.24, 2.45) is 5.73 Å². The number of alkyl halides is 2. The lowest BCUT2D eigenvalue weighted by molar-refractivity contribution is -0.382. The Labute approximate surface area is 147 Å². The quantitative estimate of drug-likeness (QED) is 0.423. The molecule has 1 unspecified atom stereocenters. The Bertz CT molecular complexity index is 883. The Kier molecular flexibility index (Phi) is 4.50. The van der Waals surface area contributed by atoms with E-state index < -0.39 is 29.6 Å². The molecular formula is C18H16F3N4O+. The van der Waals surface area contributed by atoms with Crippen LogP contribution in [0.4, 0.5) is 18.9 Å². The standard InChI is InChI=1S/C18H15F3N4O/c19-14-10-13(6-8-24-14)23-9-7-15(22)25-16(26)17(11-18(17,20)21)12-4-2-1-3-5-12/h1-10H,11H2,(H,23,24)(H2,22,25,26)/p+1/b9-7-. The van der Waals surface area contributed by atoms with Crippen LogP contribution >= 0.6 is 0 Å². The van der Waals surface area contributed by atoms with Crippen LogP contribution in [0.5, 0.6) is 0 Å². The van der Waals surface area contributed by atoms with E-state index in [4.69, 9.17) is 5.73 Å². The third-order valence-electron chi connectivity index (χ3n) is 4.14. The van der Waals surface area contributed by atoms with Crippen molar-refractivity contribution >= 4 is 17.4 Å². The summed E-state index contributed by atoms with van der Waals surface area (Å²) in [5.74, 6) is -4.77. The molecule has 5 nitrogen and oxygen atoms in total. The number of aromatic nitrogens is 1. The first-order valence-corrected chi connectivity index (χ1v) is 7.77. The summed E-state index contributed by atoms with van der Waals surface area (Å²) < 4.78 is 40.9. The van der Waals surface area contributed by atoms with Gasteiger partial charge >= 0.3 is 5.91 Å². The maximum Gasteiger partial charge on any atom is 0.324 e. The van der Waals surface area contributed by atoms with Crippen molar-refractivity contribution in [1.82, 2.24) is 4.98 Å². The van der Waals surface area contributed by atoms with Crippen LogP contribution in [0.25, 0.3) is 0 Å². The van der Waals surface area contributed by atoms with Crippen molar-refractivity contribution in [2.75, 3.05) is 5.32 Å². The first-order chi connectivity index (χ1) is 12.3. The van der Waals surface area contributed by atoms with Crippen molar-refractivity contribution in [3.05, 3.63) is 72.4 Å². The van der Waals surface area contributed by atoms with E-state index in [2.05, 4.69) is 15.3 Å². The number of nitrogens with two attached hydrogens (primary N) is 1. The van der Waals surface area contributed by atoms with E-state index in [1.807, 2.05) is 0 Å². The molecule has 1 aliphatic carbocycles. The Balaban J connectivity index is 1.74. The highest BCUT2D eigenvalue weighted by Crippen LogP contribution is 2.61. The van der Waals surface area contributed by atoms with Crippen LogP contribution in [0.2, 0.25) is 0 Å². The van der Waals surface area contributed by atoms with Crippen LogP contribution in [0.15, 0.2) is 60.9 Å². The molecule has 134 valence electrons. The van der Waals surface area contributed by atoms with Crippen LogP contribution in [0, 0.1) is 5.95 Å². The number of benzene rings is 1. The van der Waals surface area contributed by atoms with E-state index in [-0.39, 0.29) is 11.4 Å². The lowest BCUT2D eigenvalue weighted by Gasteiger charge is -2.11. The van der Waals surface area contributed by atoms with E-state index in [1.54, 1.807) is 18.2 Å². The van der Waals surface area contributed by atoms with Gasteiger partial charge < -0.3 is 5.32 Å². The Morgan fingerprint density at radius 3 is 2.58 bits per heavy atom. The zero-order valence-corrected chi connectivity index (χ0v) is 13.5. The molecule has 0 bridgehead atoms. The summed E-state index contributed by atoms with van der Waals surface area (Å²) in [6, 6.07) is 10.6. The molecule has 0 radical (unpaired) electrons. The molecular weight excluding hydrogens is 345 g/mol. The molecule has 1 atom stereocenters. The molecule has 4 N–H and O–H groups in total. The van der Waals surface area contributed by atoms with Gasteiger partial charge in [-0.25, -0.2) is 23.6 Å². The van der Waals surface area contributed by atoms with Gasteiger partial charge in [0.1, 0.15) is 0 Å². The normalized spacial score (nSPS) is 21.6. The van der Waals surface area contributed by atoms with Crippen LogP contribution in [-0.2, 0) is 10.2 Å². The molecule has 3 rings (SSSR count). The predicted octanol–water partition coefficient (Wildman–Crippen LogP) is 1.09. The monoisotopic (exact) mass is 361 g/mol. The molecule has 26 heavy (non-hydrogen) atoms. The van der Waals surface area contributed by atoms with E-state index in [0.29, 0.717) is 5.69 Å². The maximum absolute atomic E-state index is 14.0. The average Bonchev–Trinajstić information content (AvgIpc) is 3.20. The van der Waals surface area contributed by atoms with Crippen molar-refractivity contribution in [3.63, 3.8) is 0 Å². The molecule has 1 fully saturated rings. The molecule has 2 aromatic rings. The summed E-state index contributed by atoms with van der Waals surface area (Å²) in [7, 11) is 0. The molecule has 1 aromatic heterocycles. The van der Waals surface area contributed by atoms with E-state index in [9.17, 15) is 18.0 Å². The fraction of sp³-hybridized carbons (Fsp3) is 0.167. The van der Waals surface area contributed by atoms with E-state index >= 15 is 0 Å². The summed E-state index contributed by atoms with van der Waals surface area (Å²) in [6.07, 6.45) is 3.35. The molecule has 0 aliphatic heterocycles. The van der Waals surface area contributed by atoms with Crippen molar-refractivity contribution in [3.8, 4) is 0 Å². The fourth-order valence-corrected chi connectivity index (χ4v) is 2.70. The van der Waals surface area contributed by atoms with Crippen LogP contribution < -0.4 is 16.0 Å². The largest absolute Gasteiger partial charge is 0.361 e. The summed E-state index contributed by atoms with van der Waals surface area (Å²) in [5.41, 5.74) is 4.44. The maximum atomic E-state index is 14.0. The van der Waals surface area contributed by atoms with E-state index in [0.717, 1.165) is 6.07 Å². The van der Waals surface area contributed by atoms with Gasteiger partial charge in [0.15, 0.2) is 5.41 Å². The van der Waals surface area contributed by atoms with Gasteiger partial charge in [-0.05, 0) is 11.6 Å². The second-order valence-electron chi connectivity index (χ2n) is 5.91. The number of rotatable bonds is 5. The van der Waals surface area contributed by atoms with Gasteiger partial charge in [0.25, 0.3) is 11.8 Å². The molecule has 1 amide bonds. The number of nitrogens with zero attached hydrogens (tertiary/aromatic N) is 1. The number of carbonyl (C=O) groups excluding carboxylic acids is 1. The number of amides is 1. The average molecular weight is 361 g/mol. The lowest BCUT2D eigenvalue weighted by atomic mass is 9.94. The van der Waals surface area contributed by atoms with Gasteiger partial charge in [-0.2, -0.15) is 4.39 Å². The first-order valence-electron chi connectivity index (χ1n) is 7.77. The number of carbonyl (C=O) groups is 1. The van der Waals surface area contributed by atoms with Crippen molar-refractivity contribution in [2.45, 2.75) is 17.8 Å². The van der Waals surface area contributed by atoms with Crippen LogP contribution in [-0.4, -0.2) is 22.6 Å². The van der Waals surface area contributed by atoms with Gasteiger partial charge in [0.05, 0.1) is 0 Å². The Morgan fingerprint density at radius 1 is 1.27 bits per heavy atom. The highest BCUT2D eigenvalue weighted by atomic mass is 19.3. The van der Waals surface area contributed by atoms with Crippen molar-refractivity contribution in [1.29, 1.82) is 0 Å². The number of nitrogens with one attached hydrogen (secondary N) is 2. The van der Waals surface area contributed by atoms with Crippen molar-refractivity contribution < 1.29 is 23.0 Å². The molecule has 8 heteroatoms. The molecule has 1 saturated carbocycles. The minimum atomic E-state index is -3.13. The minimum absolute atomic E-state index is 0.116. The van der Waals surface area contributed by atoms with Gasteiger partial charge in [-0.15, -0.1) is 0 Å². The zero-order valence-electron chi connectivity index (χ0n) is 13.5. The summed E-state index contributed by atoms with van der Waals surface area (Å²) in [6.45, 7) is 0. The fourth-order valence-electron chi connectivity index (χ4n) is 2.70. The number of pyridine rings is 1. The lowest BCUT2D eigenvalue weighted by Crippen LogP contribution is -2.82. The molecule has 1 aromatic carbocycles. The first kappa shape index (κ1) is 17.7. The number of anilines is 1. The second-order valence-corrected chi connectivity index (χ2v) is 5.91. The number of hydrogen-bond donors (Lipinski definition) is 3. The Hall–Kier alpha value is -3.16. The number of halogens is 3. The van der Waals surface area contributed by atoms with Gasteiger partial charge in [-0.3, -0.25) is 5.73 Å². The summed E-state index contributed by atoms with van der Waals surface area (Å²) in [5, 5.41) is 2.73.